The summed E-state index contributed by atoms with van der Waals surface area (Å²) in [6, 6.07) is 5.10. The quantitative estimate of drug-likeness (QED) is 0.599. The van der Waals surface area contributed by atoms with Gasteiger partial charge in [0, 0.05) is 31.9 Å². The first-order valence-electron chi connectivity index (χ1n) is 7.83. The lowest BCUT2D eigenvalue weighted by molar-refractivity contribution is 0.0941. The van der Waals surface area contributed by atoms with Crippen molar-refractivity contribution in [1.29, 1.82) is 0 Å². The van der Waals surface area contributed by atoms with Crippen molar-refractivity contribution in [3.05, 3.63) is 29.8 Å². The van der Waals surface area contributed by atoms with E-state index in [0.29, 0.717) is 19.4 Å². The number of hydrogen-bond donors (Lipinski definition) is 2. The van der Waals surface area contributed by atoms with Crippen molar-refractivity contribution >= 4 is 25.8 Å². The van der Waals surface area contributed by atoms with Gasteiger partial charge in [0.05, 0.1) is 16.4 Å². The van der Waals surface area contributed by atoms with Crippen LogP contribution in [0.1, 0.15) is 23.2 Å². The van der Waals surface area contributed by atoms with Crippen LogP contribution in [0.3, 0.4) is 0 Å². The number of hydrogen-bond acceptors (Lipinski definition) is 6. The fraction of sp³-hybridized carbons (Fsp3) is 0.533. The van der Waals surface area contributed by atoms with Gasteiger partial charge >= 0.3 is 0 Å². The molecule has 0 bridgehead atoms. The average molecular weight is 390 g/mol. The number of amides is 1. The zero-order valence-corrected chi connectivity index (χ0v) is 15.5. The second kappa shape index (κ2) is 8.26. The van der Waals surface area contributed by atoms with Crippen molar-refractivity contribution in [1.82, 2.24) is 10.0 Å². The predicted molar refractivity (Wildman–Crippen MR) is 92.6 cm³/mol. The molecule has 1 saturated heterocycles. The Morgan fingerprint density at radius 3 is 2.52 bits per heavy atom. The molecular formula is C15H22N2O6S2. The molecule has 0 aromatic heterocycles. The van der Waals surface area contributed by atoms with E-state index >= 15 is 0 Å². The molecule has 8 nitrogen and oxygen atoms in total. The Balaban J connectivity index is 1.95. The van der Waals surface area contributed by atoms with E-state index in [9.17, 15) is 21.6 Å². The molecule has 1 aromatic carbocycles. The molecule has 0 aliphatic carbocycles. The number of sulfone groups is 1. The molecule has 1 aliphatic rings. The summed E-state index contributed by atoms with van der Waals surface area (Å²) in [6.07, 6.45) is 0.951. The van der Waals surface area contributed by atoms with Crippen LogP contribution in [0.25, 0.3) is 0 Å². The molecule has 10 heteroatoms. The van der Waals surface area contributed by atoms with Gasteiger partial charge in [0.25, 0.3) is 5.91 Å². The third kappa shape index (κ3) is 5.77. The number of ether oxygens (including phenoxy) is 1. The largest absolute Gasteiger partial charge is 0.385 e. The molecule has 1 atom stereocenters. The van der Waals surface area contributed by atoms with Crippen molar-refractivity contribution in [2.24, 2.45) is 0 Å². The molecule has 0 radical (unpaired) electrons. The Bertz CT molecular complexity index is 803. The lowest BCUT2D eigenvalue weighted by Gasteiger charge is -2.11. The maximum atomic E-state index is 12.1. The van der Waals surface area contributed by atoms with Crippen LogP contribution < -0.4 is 10.0 Å². The zero-order valence-electron chi connectivity index (χ0n) is 13.9. The highest BCUT2D eigenvalue weighted by atomic mass is 32.2. The van der Waals surface area contributed by atoms with Crippen LogP contribution in [-0.4, -0.2) is 60.6 Å². The average Bonchev–Trinajstić information content (AvgIpc) is 2.90. The summed E-state index contributed by atoms with van der Waals surface area (Å²) in [5, 5.41) is 2.66. The van der Waals surface area contributed by atoms with E-state index in [-0.39, 0.29) is 28.5 Å². The minimum absolute atomic E-state index is 0.0589. The molecule has 1 unspecified atom stereocenters. The molecule has 25 heavy (non-hydrogen) atoms. The molecule has 0 spiro atoms. The lowest BCUT2D eigenvalue weighted by Crippen LogP contribution is -2.35. The summed E-state index contributed by atoms with van der Waals surface area (Å²) in [5.41, 5.74) is 0.280. The number of nitrogens with one attached hydrogen (secondary N) is 2. The van der Waals surface area contributed by atoms with Crippen LogP contribution in [0.15, 0.2) is 29.2 Å². The van der Waals surface area contributed by atoms with E-state index in [4.69, 9.17) is 4.74 Å². The first kappa shape index (κ1) is 19.8. The van der Waals surface area contributed by atoms with Crippen LogP contribution in [-0.2, 0) is 24.6 Å². The zero-order chi connectivity index (χ0) is 18.5. The summed E-state index contributed by atoms with van der Waals surface area (Å²) in [7, 11) is -5.17. The normalized spacial score (nSPS) is 19.6. The van der Waals surface area contributed by atoms with E-state index in [1.807, 2.05) is 0 Å². The predicted octanol–water partition coefficient (Wildman–Crippen LogP) is -0.0817. The van der Waals surface area contributed by atoms with Crippen molar-refractivity contribution in [2.75, 3.05) is 31.8 Å². The number of rotatable bonds is 8. The van der Waals surface area contributed by atoms with Crippen LogP contribution in [0, 0.1) is 0 Å². The third-order valence-electron chi connectivity index (χ3n) is 3.81. The van der Waals surface area contributed by atoms with Gasteiger partial charge in [0.15, 0.2) is 9.84 Å². The Hall–Kier alpha value is -1.49. The molecular weight excluding hydrogens is 368 g/mol. The highest BCUT2D eigenvalue weighted by molar-refractivity contribution is 7.91. The van der Waals surface area contributed by atoms with Crippen molar-refractivity contribution in [3.63, 3.8) is 0 Å². The number of methoxy groups -OCH3 is 1. The Morgan fingerprint density at radius 1 is 1.28 bits per heavy atom. The van der Waals surface area contributed by atoms with Crippen LogP contribution in [0.5, 0.6) is 0 Å². The van der Waals surface area contributed by atoms with Crippen molar-refractivity contribution in [2.45, 2.75) is 23.8 Å². The smallest absolute Gasteiger partial charge is 0.251 e. The number of sulfonamides is 1. The fourth-order valence-electron chi connectivity index (χ4n) is 2.47. The second-order valence-corrected chi connectivity index (χ2v) is 9.84. The molecule has 0 saturated carbocycles. The van der Waals surface area contributed by atoms with E-state index in [1.54, 1.807) is 7.11 Å². The first-order chi connectivity index (χ1) is 11.7. The van der Waals surface area contributed by atoms with E-state index in [0.717, 1.165) is 0 Å². The summed E-state index contributed by atoms with van der Waals surface area (Å²) in [6.45, 7) is 0.715. The SMILES string of the molecule is COCCCNS(=O)(=O)c1ccc(C(=O)NC2CCS(=O)(=O)C2)cc1. The second-order valence-electron chi connectivity index (χ2n) is 5.84. The molecule has 2 N–H and O–H groups in total. The topological polar surface area (TPSA) is 119 Å². The highest BCUT2D eigenvalue weighted by Crippen LogP contribution is 2.14. The molecule has 1 heterocycles. The number of carbonyl (C=O) groups excluding carboxylic acids is 1. The highest BCUT2D eigenvalue weighted by Gasteiger charge is 2.29. The van der Waals surface area contributed by atoms with Crippen molar-refractivity contribution in [3.8, 4) is 0 Å². The summed E-state index contributed by atoms with van der Waals surface area (Å²) in [4.78, 5) is 12.2. The molecule has 2 rings (SSSR count). The van der Waals surface area contributed by atoms with Gasteiger partial charge in [-0.3, -0.25) is 4.79 Å². The summed E-state index contributed by atoms with van der Waals surface area (Å²) in [5.74, 6) is -0.403. The van der Waals surface area contributed by atoms with Gasteiger partial charge in [-0.25, -0.2) is 21.6 Å². The van der Waals surface area contributed by atoms with Crippen LogP contribution in [0.2, 0.25) is 0 Å². The molecule has 1 aromatic rings. The third-order valence-corrected chi connectivity index (χ3v) is 7.06. The fourth-order valence-corrected chi connectivity index (χ4v) is 5.22. The van der Waals surface area contributed by atoms with Crippen LogP contribution >= 0.6 is 0 Å². The van der Waals surface area contributed by atoms with Gasteiger partial charge < -0.3 is 10.1 Å². The Labute approximate surface area is 147 Å². The van der Waals surface area contributed by atoms with Crippen molar-refractivity contribution < 1.29 is 26.4 Å². The van der Waals surface area contributed by atoms with Gasteiger partial charge in [-0.1, -0.05) is 0 Å². The molecule has 1 aliphatic heterocycles. The Morgan fingerprint density at radius 2 is 1.96 bits per heavy atom. The minimum atomic E-state index is -3.64. The summed E-state index contributed by atoms with van der Waals surface area (Å²) >= 11 is 0. The Kier molecular flexibility index (Phi) is 6.55. The van der Waals surface area contributed by atoms with Gasteiger partial charge in [0.2, 0.25) is 10.0 Å². The number of carbonyl (C=O) groups is 1. The van der Waals surface area contributed by atoms with E-state index in [2.05, 4.69) is 10.0 Å². The molecule has 1 fully saturated rings. The van der Waals surface area contributed by atoms with Crippen LogP contribution in [0.4, 0.5) is 0 Å². The maximum Gasteiger partial charge on any atom is 0.251 e. The first-order valence-corrected chi connectivity index (χ1v) is 11.1. The minimum Gasteiger partial charge on any atom is -0.385 e. The molecule has 1 amide bonds. The lowest BCUT2D eigenvalue weighted by atomic mass is 10.2. The van der Waals surface area contributed by atoms with Gasteiger partial charge in [0.1, 0.15) is 0 Å². The van der Waals surface area contributed by atoms with E-state index < -0.39 is 31.8 Å². The monoisotopic (exact) mass is 390 g/mol. The standard InChI is InChI=1S/C15H22N2O6S2/c1-23-9-2-8-16-25(21,22)14-5-3-12(4-6-14)15(18)17-13-7-10-24(19,20)11-13/h3-6,13,16H,2,7-11H2,1H3,(H,17,18). The van der Waals surface area contributed by atoms with E-state index in [1.165, 1.54) is 24.3 Å². The molecule has 140 valence electrons. The van der Waals surface area contributed by atoms with Gasteiger partial charge in [-0.2, -0.15) is 0 Å². The summed E-state index contributed by atoms with van der Waals surface area (Å²) < 4.78 is 54.3. The maximum absolute atomic E-state index is 12.1. The van der Waals surface area contributed by atoms with Gasteiger partial charge in [-0.05, 0) is 37.1 Å². The number of benzene rings is 1. The van der Waals surface area contributed by atoms with Gasteiger partial charge in [-0.15, -0.1) is 0 Å².